The van der Waals surface area contributed by atoms with Gasteiger partial charge in [0.2, 0.25) is 11.6 Å². The van der Waals surface area contributed by atoms with Crippen LogP contribution < -0.4 is 21.3 Å². The van der Waals surface area contributed by atoms with E-state index >= 15 is 0 Å². The van der Waals surface area contributed by atoms with Gasteiger partial charge in [-0.15, -0.1) is 0 Å². The number of hydrogen-bond acceptors (Lipinski definition) is 22. The molecule has 35 nitrogen and oxygen atoms in total. The van der Waals surface area contributed by atoms with Crippen molar-refractivity contribution < 1.29 is 60.2 Å². The van der Waals surface area contributed by atoms with Crippen LogP contribution in [0.4, 0.5) is 33.9 Å². The van der Waals surface area contributed by atoms with E-state index in [0.29, 0.717) is 177 Å². The van der Waals surface area contributed by atoms with Crippen LogP contribution in [0.1, 0.15) is 145 Å². The van der Waals surface area contributed by atoms with Gasteiger partial charge >= 0.3 is 11.8 Å². The lowest BCUT2D eigenvalue weighted by Gasteiger charge is -2.34. The smallest absolute Gasteiger partial charge is 0.351 e. The Bertz CT molecular complexity index is 6740. The second-order valence-electron chi connectivity index (χ2n) is 33.5. The fourth-order valence-corrected chi connectivity index (χ4v) is 15.6. The van der Waals surface area contributed by atoms with Gasteiger partial charge < -0.3 is 34.8 Å². The fraction of sp³-hybridized carbons (Fsp3) is 0.303. The molecule has 20 heterocycles. The van der Waals surface area contributed by atoms with E-state index in [9.17, 15) is 55.9 Å². The van der Waals surface area contributed by atoms with Gasteiger partial charge in [0, 0.05) is 130 Å². The molecule has 39 heteroatoms. The van der Waals surface area contributed by atoms with Crippen molar-refractivity contribution in [2.24, 2.45) is 0 Å². The topological polar surface area (TPSA) is 409 Å². The zero-order valence-corrected chi connectivity index (χ0v) is 70.2. The first-order valence-corrected chi connectivity index (χ1v) is 41.3. The van der Waals surface area contributed by atoms with E-state index in [1.165, 1.54) is 37.2 Å². The highest BCUT2D eigenvalue weighted by molar-refractivity contribution is 6.22. The number of anilines is 2. The van der Waals surface area contributed by atoms with E-state index < -0.39 is 45.9 Å². The van der Waals surface area contributed by atoms with Gasteiger partial charge in [-0.25, -0.2) is 62.0 Å². The van der Waals surface area contributed by atoms with E-state index in [2.05, 4.69) is 85.5 Å². The molecule has 5 aliphatic rings. The number of aromatic amines is 2. The first kappa shape index (κ1) is 84.9. The molecule has 5 aliphatic heterocycles. The summed E-state index contributed by atoms with van der Waals surface area (Å²) >= 11 is 0. The zero-order valence-electron chi connectivity index (χ0n) is 70.2. The SMILES string of the molecule is CC1(F)CCN(C(=O)c2cnc3c(ccn3-c3ccc(-c4ncn[nH]4)nc3)c2)CC1.CC1(F)CCN(C(=O)c2cnc3c(ccn3-c3ccc(-c4noc(=O)[nH]4)nc3)c2)CC1.CC1(F)CCN(C(=O)c2cnc3c(ccn3-c3ccc(N4C(=O)NC(C)(C)C4=O)nc3)c2)CC1.CC1(F)CCN(C(=O)c2cnc3c(ccn3-c3cncc(NC(=O)c4ccno4)c3)c2)CC1. The van der Waals surface area contributed by atoms with Crippen LogP contribution in [0.25, 0.3) is 89.9 Å². The number of carbonyl (C=O) groups excluding carboxylic acids is 7. The van der Waals surface area contributed by atoms with Crippen LogP contribution in [0.3, 0.4) is 0 Å². The summed E-state index contributed by atoms with van der Waals surface area (Å²) in [7, 11) is 0. The van der Waals surface area contributed by atoms with Crippen molar-refractivity contribution >= 4 is 97.1 Å². The number of piperidine rings is 4. The average molecular weight is 1740 g/mol. The van der Waals surface area contributed by atoms with E-state index in [1.54, 1.807) is 141 Å². The summed E-state index contributed by atoms with van der Waals surface area (Å²) < 4.78 is 72.9. The minimum Gasteiger partial charge on any atom is -0.351 e. The van der Waals surface area contributed by atoms with Crippen molar-refractivity contribution in [3.63, 3.8) is 0 Å². The predicted molar refractivity (Wildman–Crippen MR) is 460 cm³/mol. The maximum Gasteiger partial charge on any atom is 0.439 e. The molecule has 654 valence electrons. The van der Waals surface area contributed by atoms with Crippen LogP contribution in [0.5, 0.6) is 0 Å². The molecule has 0 aromatic carbocycles. The Labute approximate surface area is 725 Å². The number of urea groups is 1. The van der Waals surface area contributed by atoms with Gasteiger partial charge in [-0.1, -0.05) is 10.3 Å². The second kappa shape index (κ2) is 34.3. The highest BCUT2D eigenvalue weighted by Gasteiger charge is 2.46. The lowest BCUT2D eigenvalue weighted by molar-refractivity contribution is -0.121. The Hall–Kier alpha value is -15.3. The summed E-state index contributed by atoms with van der Waals surface area (Å²) in [6.45, 7) is 12.8. The number of pyridine rings is 8. The first-order valence-electron chi connectivity index (χ1n) is 41.3. The van der Waals surface area contributed by atoms with Gasteiger partial charge in [0.05, 0.1) is 87.9 Å². The summed E-state index contributed by atoms with van der Waals surface area (Å²) in [5, 5.41) is 22.3. The Morgan fingerprint density at radius 1 is 0.422 bits per heavy atom. The third-order valence-corrected chi connectivity index (χ3v) is 23.4. The monoisotopic (exact) mass is 1740 g/mol. The third kappa shape index (κ3) is 18.2. The molecule has 0 bridgehead atoms. The average Bonchev–Trinajstić information content (AvgIpc) is 1.63. The van der Waals surface area contributed by atoms with E-state index in [-0.39, 0.29) is 46.9 Å². The van der Waals surface area contributed by atoms with Gasteiger partial charge in [-0.3, -0.25) is 76.6 Å². The molecular weight excluding hydrogens is 1660 g/mol. The van der Waals surface area contributed by atoms with Gasteiger partial charge in [0.15, 0.2) is 5.82 Å². The number of nitrogens with one attached hydrogen (secondary N) is 4. The summed E-state index contributed by atoms with van der Waals surface area (Å²) in [6, 6.07) is 28.1. The molecule has 15 aromatic rings. The van der Waals surface area contributed by atoms with Crippen molar-refractivity contribution in [1.82, 2.24) is 114 Å². The van der Waals surface area contributed by atoms with E-state index in [1.807, 2.05) is 91.6 Å². The Balaban J connectivity index is 0.000000120. The number of alkyl halides is 4. The molecular formula is C89H85F4N25O10. The number of rotatable bonds is 13. The number of H-pyrrole nitrogens is 2. The van der Waals surface area contributed by atoms with Crippen molar-refractivity contribution in [3.8, 4) is 45.8 Å². The fourth-order valence-electron chi connectivity index (χ4n) is 15.6. The highest BCUT2D eigenvalue weighted by atomic mass is 19.2. The van der Waals surface area contributed by atoms with Crippen molar-refractivity contribution in [2.75, 3.05) is 62.6 Å². The molecule has 0 unspecified atom stereocenters. The molecule has 5 saturated heterocycles. The zero-order chi connectivity index (χ0) is 89.6. The predicted octanol–water partition coefficient (Wildman–Crippen LogP) is 12.7. The van der Waals surface area contributed by atoms with Crippen molar-refractivity contribution in [3.05, 3.63) is 229 Å². The largest absolute Gasteiger partial charge is 0.439 e. The highest BCUT2D eigenvalue weighted by Crippen LogP contribution is 2.35. The molecule has 5 fully saturated rings. The summed E-state index contributed by atoms with van der Waals surface area (Å²) in [6.07, 6.45) is 27.2. The number of hydrogen-bond donors (Lipinski definition) is 4. The maximum atomic E-state index is 14.1. The number of halogens is 4. The van der Waals surface area contributed by atoms with Gasteiger partial charge in [0.1, 0.15) is 74.3 Å². The van der Waals surface area contributed by atoms with Crippen LogP contribution >= 0.6 is 0 Å². The third-order valence-electron chi connectivity index (χ3n) is 23.4. The molecule has 8 amide bonds. The Morgan fingerprint density at radius 2 is 0.820 bits per heavy atom. The minimum absolute atomic E-state index is 0.0931. The summed E-state index contributed by atoms with van der Waals surface area (Å²) in [5.41, 5.74) is 3.43. The van der Waals surface area contributed by atoms with E-state index in [4.69, 9.17) is 4.52 Å². The van der Waals surface area contributed by atoms with Gasteiger partial charge in [0.25, 0.3) is 35.4 Å². The number of amides is 8. The number of nitrogens with zero attached hydrogens (tertiary/aromatic N) is 21. The molecule has 0 radical (unpaired) electrons. The number of fused-ring (bicyclic) bond motifs is 4. The first-order chi connectivity index (χ1) is 61.3. The van der Waals surface area contributed by atoms with E-state index in [0.717, 1.165) is 43.5 Å². The molecule has 0 atom stereocenters. The van der Waals surface area contributed by atoms with Crippen LogP contribution in [0.2, 0.25) is 0 Å². The van der Waals surface area contributed by atoms with Crippen LogP contribution in [0, 0.1) is 0 Å². The molecule has 4 N–H and O–H groups in total. The van der Waals surface area contributed by atoms with Crippen LogP contribution in [-0.4, -0.2) is 230 Å². The van der Waals surface area contributed by atoms with Gasteiger partial charge in [-0.05, 0) is 184 Å². The second-order valence-corrected chi connectivity index (χ2v) is 33.5. The molecule has 128 heavy (non-hydrogen) atoms. The molecule has 0 saturated carbocycles. The Kier molecular flexibility index (Phi) is 22.7. The lowest BCUT2D eigenvalue weighted by atomic mass is 9.95. The standard InChI is InChI=1S/C24H25FN6O3.C23H21FN6O3.C21H20FN7O.C21H19FN6O3/c1-23(2)21(33)31(22(34)28-23)18-5-4-17(14-26-18)30-9-6-15-12-16(13-27-19(15)30)20(32)29-10-7-24(3,25)8-11-29;1-23(24)4-8-29(9-5-23)22(32)16-10-15-3-7-30(20(15)26-12-16)18-11-17(13-25-14-18)28-21(31)19-2-6-27-33-19;1-21(22)5-8-28(9-6-21)20(30)15-10-14-4-7-29(19(14)24-11-15)16-2-3-17(23-12-16)18-25-13-26-27-18;1-21(22)5-8-27(9-6-21)19(29)14-10-13-4-7-28(18(13)24-11-14)15-2-3-16(23-12-15)17-25-20(30)31-26-17/h4-6,9,12-14H,7-8,10-11H2,1-3H3,(H,28,34);2-3,6-7,10-14H,4-5,8-9H2,1H3,(H,28,31);2-4,7,10-13H,5-6,8-9H2,1H3,(H,25,26,27);2-4,7,10-12H,5-6,8-9H2,1H3,(H,25,26,30). The quantitative estimate of drug-likeness (QED) is 0.0615. The molecule has 0 spiro atoms. The lowest BCUT2D eigenvalue weighted by Crippen LogP contribution is -2.43. The summed E-state index contributed by atoms with van der Waals surface area (Å²) in [5.74, 6) is -0.802. The molecule has 0 aliphatic carbocycles. The number of imide groups is 1. The maximum absolute atomic E-state index is 14.1. The minimum atomic E-state index is -1.22. The number of likely N-dealkylation sites (tertiary alicyclic amines) is 4. The van der Waals surface area contributed by atoms with Crippen molar-refractivity contribution in [1.29, 1.82) is 0 Å². The molecule has 15 aromatic heterocycles. The van der Waals surface area contributed by atoms with Gasteiger partial charge in [-0.2, -0.15) is 5.10 Å². The Morgan fingerprint density at radius 3 is 1.16 bits per heavy atom. The number of carbonyl (C=O) groups is 7. The van der Waals surface area contributed by atoms with Crippen molar-refractivity contribution in [2.45, 2.75) is 121 Å². The molecule has 20 rings (SSSR count). The van der Waals surface area contributed by atoms with Crippen LogP contribution in [0.15, 0.2) is 204 Å². The van der Waals surface area contributed by atoms with Crippen LogP contribution in [-0.2, 0) is 4.79 Å². The number of aromatic nitrogens is 18. The summed E-state index contributed by atoms with van der Waals surface area (Å²) in [4.78, 5) is 149. The normalized spacial score (nSPS) is 16.8.